The highest BCUT2D eigenvalue weighted by molar-refractivity contribution is 5.91. The highest BCUT2D eigenvalue weighted by Crippen LogP contribution is 2.49. The van der Waals surface area contributed by atoms with Gasteiger partial charge in [-0.1, -0.05) is 19.9 Å². The molecule has 1 aliphatic heterocycles. The van der Waals surface area contributed by atoms with Gasteiger partial charge in [-0.05, 0) is 68.9 Å². The number of hydrogen-bond acceptors (Lipinski definition) is 5. The number of amidine groups is 1. The molecule has 2 amide bonds. The molecule has 0 bridgehead atoms. The summed E-state index contributed by atoms with van der Waals surface area (Å²) in [6.07, 6.45) is 5.23. The molecule has 0 spiro atoms. The van der Waals surface area contributed by atoms with Gasteiger partial charge in [0.05, 0.1) is 13.0 Å². The summed E-state index contributed by atoms with van der Waals surface area (Å²) in [5.74, 6) is 3.12. The molecule has 1 N–H and O–H groups in total. The number of nitrogens with one attached hydrogen (secondary N) is 1. The van der Waals surface area contributed by atoms with Crippen molar-refractivity contribution in [3.05, 3.63) is 29.6 Å². The van der Waals surface area contributed by atoms with Crippen LogP contribution in [0.25, 0.3) is 0 Å². The van der Waals surface area contributed by atoms with Crippen molar-refractivity contribution in [3.63, 3.8) is 0 Å². The van der Waals surface area contributed by atoms with Gasteiger partial charge in [0, 0.05) is 38.2 Å². The zero-order valence-corrected chi connectivity index (χ0v) is 21.6. The topological polar surface area (TPSA) is 74.2 Å². The summed E-state index contributed by atoms with van der Waals surface area (Å²) in [5, 5.41) is 9.42. The second-order valence-corrected chi connectivity index (χ2v) is 9.99. The van der Waals surface area contributed by atoms with E-state index in [1.807, 2.05) is 27.7 Å². The third kappa shape index (κ3) is 7.67. The minimum absolute atomic E-state index is 0.0574. The fraction of sp³-hybridized carbons (Fsp3) is 0.667. The molecule has 3 rings (SSSR count). The number of carbonyl (C=O) groups excluding carboxylic acids is 2. The lowest BCUT2D eigenvalue weighted by Gasteiger charge is -2.31. The molecule has 2 fully saturated rings. The fourth-order valence-electron chi connectivity index (χ4n) is 5.06. The highest BCUT2D eigenvalue weighted by Gasteiger charge is 2.43. The SMILES string of the molecule is CCN(CC)C(=O)Cc1ccc(OCCC2CC2C2CCN(/N=C(\NC=O)C(C)C)CC2)cc1F. The predicted molar refractivity (Wildman–Crippen MR) is 136 cm³/mol. The molecule has 7 nitrogen and oxygen atoms in total. The van der Waals surface area contributed by atoms with Crippen LogP contribution in [0, 0.1) is 29.5 Å². The van der Waals surface area contributed by atoms with E-state index in [9.17, 15) is 14.0 Å². The molecular formula is C27H41FN4O3. The Bertz CT molecular complexity index is 879. The van der Waals surface area contributed by atoms with E-state index in [4.69, 9.17) is 4.74 Å². The maximum Gasteiger partial charge on any atom is 0.227 e. The molecule has 1 aromatic carbocycles. The number of hydrogen-bond donors (Lipinski definition) is 1. The normalized spacial score (nSPS) is 20.6. The molecule has 2 atom stereocenters. The van der Waals surface area contributed by atoms with Crippen molar-refractivity contribution in [2.75, 3.05) is 32.8 Å². The number of carbonyl (C=O) groups is 2. The van der Waals surface area contributed by atoms with Gasteiger partial charge in [-0.15, -0.1) is 0 Å². The van der Waals surface area contributed by atoms with Crippen molar-refractivity contribution >= 4 is 18.2 Å². The molecule has 35 heavy (non-hydrogen) atoms. The number of ether oxygens (including phenoxy) is 1. The lowest BCUT2D eigenvalue weighted by atomic mass is 9.91. The van der Waals surface area contributed by atoms with Crippen LogP contribution in [-0.4, -0.2) is 60.8 Å². The first-order valence-corrected chi connectivity index (χ1v) is 13.1. The molecule has 1 aromatic rings. The summed E-state index contributed by atoms with van der Waals surface area (Å²) in [6, 6.07) is 4.83. The fourth-order valence-corrected chi connectivity index (χ4v) is 5.06. The summed E-state index contributed by atoms with van der Waals surface area (Å²) in [7, 11) is 0. The van der Waals surface area contributed by atoms with Gasteiger partial charge in [0.25, 0.3) is 0 Å². The van der Waals surface area contributed by atoms with Crippen molar-refractivity contribution in [3.8, 4) is 5.75 Å². The monoisotopic (exact) mass is 488 g/mol. The van der Waals surface area contributed by atoms with Crippen LogP contribution in [0.1, 0.15) is 58.9 Å². The molecule has 2 aliphatic rings. The Morgan fingerprint density at radius 1 is 1.29 bits per heavy atom. The quantitative estimate of drug-likeness (QED) is 0.273. The van der Waals surface area contributed by atoms with Gasteiger partial charge < -0.3 is 15.0 Å². The number of halogens is 1. The predicted octanol–water partition coefficient (Wildman–Crippen LogP) is 4.07. The number of benzene rings is 1. The average Bonchev–Trinajstić information content (AvgIpc) is 3.61. The van der Waals surface area contributed by atoms with E-state index in [-0.39, 0.29) is 24.1 Å². The molecule has 2 unspecified atom stereocenters. The zero-order chi connectivity index (χ0) is 25.4. The molecule has 194 valence electrons. The van der Waals surface area contributed by atoms with E-state index >= 15 is 0 Å². The largest absolute Gasteiger partial charge is 0.493 e. The number of rotatable bonds is 12. The zero-order valence-electron chi connectivity index (χ0n) is 21.6. The minimum atomic E-state index is -0.384. The van der Waals surface area contributed by atoms with E-state index in [2.05, 4.69) is 15.4 Å². The maximum absolute atomic E-state index is 14.5. The third-order valence-corrected chi connectivity index (χ3v) is 7.34. The smallest absolute Gasteiger partial charge is 0.227 e. The molecular weight excluding hydrogens is 447 g/mol. The Balaban J connectivity index is 1.38. The van der Waals surface area contributed by atoms with Gasteiger partial charge >= 0.3 is 0 Å². The first kappa shape index (κ1) is 27.0. The Morgan fingerprint density at radius 2 is 2.00 bits per heavy atom. The average molecular weight is 489 g/mol. The van der Waals surface area contributed by atoms with Crippen LogP contribution in [0.5, 0.6) is 5.75 Å². The molecule has 0 radical (unpaired) electrons. The molecule has 1 saturated carbocycles. The molecule has 0 aromatic heterocycles. The van der Waals surface area contributed by atoms with Gasteiger partial charge in [0.2, 0.25) is 12.3 Å². The van der Waals surface area contributed by atoms with Gasteiger partial charge in [0.1, 0.15) is 17.4 Å². The number of likely N-dealkylation sites (N-methyl/N-ethyl adjacent to an activating group) is 1. The number of piperidine rings is 1. The summed E-state index contributed by atoms with van der Waals surface area (Å²) < 4.78 is 20.3. The van der Waals surface area contributed by atoms with Gasteiger partial charge in [-0.25, -0.2) is 4.39 Å². The first-order chi connectivity index (χ1) is 16.9. The lowest BCUT2D eigenvalue weighted by molar-refractivity contribution is -0.130. The highest BCUT2D eigenvalue weighted by atomic mass is 19.1. The van der Waals surface area contributed by atoms with Crippen molar-refractivity contribution in [2.24, 2.45) is 28.8 Å². The van der Waals surface area contributed by atoms with E-state index in [0.717, 1.165) is 44.1 Å². The number of nitrogens with zero attached hydrogens (tertiary/aromatic N) is 3. The summed E-state index contributed by atoms with van der Waals surface area (Å²) in [5.41, 5.74) is 0.412. The van der Waals surface area contributed by atoms with Gasteiger partial charge in [-0.2, -0.15) is 5.10 Å². The van der Waals surface area contributed by atoms with Gasteiger partial charge in [0.15, 0.2) is 0 Å². The second-order valence-electron chi connectivity index (χ2n) is 9.99. The summed E-state index contributed by atoms with van der Waals surface area (Å²) in [4.78, 5) is 24.7. The van der Waals surface area contributed by atoms with Crippen LogP contribution in [0.2, 0.25) is 0 Å². The second kappa shape index (κ2) is 12.9. The van der Waals surface area contributed by atoms with Crippen LogP contribution < -0.4 is 10.1 Å². The molecule has 1 heterocycles. The number of amides is 2. The Morgan fingerprint density at radius 3 is 2.60 bits per heavy atom. The molecule has 1 aliphatic carbocycles. The lowest BCUT2D eigenvalue weighted by Crippen LogP contribution is -2.35. The number of hydrazone groups is 1. The molecule has 1 saturated heterocycles. The summed E-state index contributed by atoms with van der Waals surface area (Å²) >= 11 is 0. The summed E-state index contributed by atoms with van der Waals surface area (Å²) in [6.45, 7) is 11.6. The van der Waals surface area contributed by atoms with E-state index < -0.39 is 0 Å². The molecule has 8 heteroatoms. The van der Waals surface area contributed by atoms with Crippen molar-refractivity contribution in [2.45, 2.75) is 59.8 Å². The van der Waals surface area contributed by atoms with E-state index in [1.54, 1.807) is 17.0 Å². The van der Waals surface area contributed by atoms with E-state index in [1.165, 1.54) is 12.5 Å². The van der Waals surface area contributed by atoms with Crippen molar-refractivity contribution in [1.29, 1.82) is 0 Å². The third-order valence-electron chi connectivity index (χ3n) is 7.34. The minimum Gasteiger partial charge on any atom is -0.493 e. The Labute approximate surface area is 209 Å². The van der Waals surface area contributed by atoms with Crippen LogP contribution in [-0.2, 0) is 16.0 Å². The van der Waals surface area contributed by atoms with E-state index in [0.29, 0.717) is 49.3 Å². The maximum atomic E-state index is 14.5. The van der Waals surface area contributed by atoms with Gasteiger partial charge in [-0.3, -0.25) is 14.6 Å². The van der Waals surface area contributed by atoms with Crippen molar-refractivity contribution in [1.82, 2.24) is 15.2 Å². The first-order valence-electron chi connectivity index (χ1n) is 13.1. The van der Waals surface area contributed by atoms with Crippen LogP contribution in [0.15, 0.2) is 23.3 Å². The standard InChI is InChI=1S/C27H41FN4O3/c1-5-31(6-2)26(34)16-22-7-8-23(17-25(22)28)35-14-11-21-15-24(21)20-9-12-32(13-10-20)30-27(19(3)4)29-18-33/h7-8,17-21,24H,5-6,9-16H2,1-4H3,(H,29,30,33). The van der Waals surface area contributed by atoms with Crippen LogP contribution >= 0.6 is 0 Å². The van der Waals surface area contributed by atoms with Crippen molar-refractivity contribution < 1.29 is 18.7 Å². The Kier molecular flexibility index (Phi) is 9.93. The van der Waals surface area contributed by atoms with Crippen LogP contribution in [0.4, 0.5) is 4.39 Å². The Hall–Kier alpha value is -2.64. The van der Waals surface area contributed by atoms with Crippen LogP contribution in [0.3, 0.4) is 0 Å².